The predicted molar refractivity (Wildman–Crippen MR) is 105 cm³/mol. The maximum absolute atomic E-state index is 12.8. The first-order valence-electron chi connectivity index (χ1n) is 9.03. The second kappa shape index (κ2) is 6.23. The molecular weight excluding hydrogens is 338 g/mol. The Morgan fingerprint density at radius 2 is 1.67 bits per heavy atom. The quantitative estimate of drug-likeness (QED) is 0.716. The molecular formula is C23H21NO3. The summed E-state index contributed by atoms with van der Waals surface area (Å²) in [6, 6.07) is 18.8. The molecule has 0 saturated heterocycles. The second-order valence-electron chi connectivity index (χ2n) is 7.88. The van der Waals surface area contributed by atoms with Gasteiger partial charge in [-0.25, -0.2) is 4.79 Å². The summed E-state index contributed by atoms with van der Waals surface area (Å²) in [6.07, 6.45) is 1.33. The molecule has 1 heterocycles. The van der Waals surface area contributed by atoms with E-state index in [1.165, 1.54) is 0 Å². The highest BCUT2D eigenvalue weighted by atomic mass is 16.4. The van der Waals surface area contributed by atoms with Crippen LogP contribution in [-0.2, 0) is 6.42 Å². The summed E-state index contributed by atoms with van der Waals surface area (Å²) in [7, 11) is 0. The Morgan fingerprint density at radius 3 is 2.30 bits per heavy atom. The molecule has 0 spiro atoms. The van der Waals surface area contributed by atoms with Gasteiger partial charge in [0.15, 0.2) is 5.78 Å². The van der Waals surface area contributed by atoms with Crippen molar-refractivity contribution in [2.45, 2.75) is 26.7 Å². The summed E-state index contributed by atoms with van der Waals surface area (Å²) in [5, 5.41) is 9.18. The molecule has 1 N–H and O–H groups in total. The van der Waals surface area contributed by atoms with Crippen LogP contribution in [0.15, 0.2) is 60.7 Å². The molecule has 1 aliphatic rings. The number of fused-ring (bicyclic) bond motifs is 1. The third-order valence-corrected chi connectivity index (χ3v) is 5.13. The van der Waals surface area contributed by atoms with Gasteiger partial charge in [0.1, 0.15) is 0 Å². The first-order chi connectivity index (χ1) is 12.9. The van der Waals surface area contributed by atoms with Gasteiger partial charge in [-0.2, -0.15) is 0 Å². The number of ketones is 1. The molecule has 0 bridgehead atoms. The first kappa shape index (κ1) is 17.3. The molecule has 136 valence electrons. The Kier molecular flexibility index (Phi) is 3.99. The van der Waals surface area contributed by atoms with Gasteiger partial charge < -0.3 is 9.67 Å². The van der Waals surface area contributed by atoms with E-state index in [9.17, 15) is 14.7 Å². The highest BCUT2D eigenvalue weighted by molar-refractivity contribution is 6.00. The van der Waals surface area contributed by atoms with Crippen LogP contribution in [0, 0.1) is 5.41 Å². The van der Waals surface area contributed by atoms with Crippen LogP contribution < -0.4 is 0 Å². The average Bonchev–Trinajstić information content (AvgIpc) is 3.01. The van der Waals surface area contributed by atoms with Gasteiger partial charge in [0.2, 0.25) is 0 Å². The van der Waals surface area contributed by atoms with Crippen LogP contribution in [0.25, 0.3) is 16.9 Å². The van der Waals surface area contributed by atoms with Crippen molar-refractivity contribution < 1.29 is 14.7 Å². The molecule has 0 radical (unpaired) electrons. The molecule has 1 aliphatic carbocycles. The van der Waals surface area contributed by atoms with E-state index < -0.39 is 5.97 Å². The van der Waals surface area contributed by atoms with Crippen LogP contribution in [0.5, 0.6) is 0 Å². The van der Waals surface area contributed by atoms with Crippen molar-refractivity contribution in [1.29, 1.82) is 0 Å². The number of carboxylic acid groups (broad SMARTS) is 1. The molecule has 4 nitrogen and oxygen atoms in total. The number of rotatable bonds is 3. The Labute approximate surface area is 158 Å². The molecule has 0 saturated carbocycles. The third kappa shape index (κ3) is 3.08. The maximum atomic E-state index is 12.8. The van der Waals surface area contributed by atoms with Crippen LogP contribution >= 0.6 is 0 Å². The first-order valence-corrected chi connectivity index (χ1v) is 9.03. The van der Waals surface area contributed by atoms with Crippen molar-refractivity contribution in [3.8, 4) is 16.9 Å². The van der Waals surface area contributed by atoms with Crippen molar-refractivity contribution >= 4 is 11.8 Å². The fourth-order valence-corrected chi connectivity index (χ4v) is 3.88. The lowest BCUT2D eigenvalue weighted by Gasteiger charge is -2.30. The second-order valence-corrected chi connectivity index (χ2v) is 7.88. The van der Waals surface area contributed by atoms with Gasteiger partial charge in [0.25, 0.3) is 0 Å². The third-order valence-electron chi connectivity index (χ3n) is 5.13. The standard InChI is InChI=1S/C23H21NO3/c1-23(2)13-20-18(21(25)14-23)12-19(15-6-4-3-5-7-15)24(20)17-10-8-16(9-11-17)22(26)27/h3-12H,13-14H2,1-2H3,(H,26,27). The minimum Gasteiger partial charge on any atom is -0.478 e. The Bertz CT molecular complexity index is 1030. The van der Waals surface area contributed by atoms with Crippen LogP contribution in [0.3, 0.4) is 0 Å². The van der Waals surface area contributed by atoms with Gasteiger partial charge in [-0.1, -0.05) is 44.2 Å². The van der Waals surface area contributed by atoms with Gasteiger partial charge in [0, 0.05) is 23.4 Å². The van der Waals surface area contributed by atoms with E-state index >= 15 is 0 Å². The zero-order valence-corrected chi connectivity index (χ0v) is 15.4. The molecule has 27 heavy (non-hydrogen) atoms. The number of Topliss-reactive ketones (excluding diaryl/α,β-unsaturated/α-hetero) is 1. The zero-order chi connectivity index (χ0) is 19.2. The fraction of sp³-hybridized carbons (Fsp3) is 0.217. The van der Waals surface area contributed by atoms with Crippen LogP contribution in [-0.4, -0.2) is 21.4 Å². The predicted octanol–water partition coefficient (Wildman–Crippen LogP) is 5.00. The summed E-state index contributed by atoms with van der Waals surface area (Å²) in [4.78, 5) is 24.0. The molecule has 3 aromatic rings. The van der Waals surface area contributed by atoms with Gasteiger partial charge >= 0.3 is 5.97 Å². The number of carbonyl (C=O) groups is 2. The molecule has 4 rings (SSSR count). The molecule has 0 aliphatic heterocycles. The molecule has 0 amide bonds. The van der Waals surface area contributed by atoms with E-state index in [1.54, 1.807) is 12.1 Å². The van der Waals surface area contributed by atoms with Crippen molar-refractivity contribution in [3.05, 3.63) is 77.5 Å². The maximum Gasteiger partial charge on any atom is 0.335 e. The number of aromatic nitrogens is 1. The zero-order valence-electron chi connectivity index (χ0n) is 15.4. The Morgan fingerprint density at radius 1 is 1.00 bits per heavy atom. The Balaban J connectivity index is 1.96. The number of aromatic carboxylic acids is 1. The van der Waals surface area contributed by atoms with Gasteiger partial charge in [-0.15, -0.1) is 0 Å². The van der Waals surface area contributed by atoms with Crippen molar-refractivity contribution in [2.24, 2.45) is 5.41 Å². The molecule has 0 fully saturated rings. The fourth-order valence-electron chi connectivity index (χ4n) is 3.88. The summed E-state index contributed by atoms with van der Waals surface area (Å²) >= 11 is 0. The number of hydrogen-bond donors (Lipinski definition) is 1. The van der Waals surface area contributed by atoms with Crippen molar-refractivity contribution in [2.75, 3.05) is 0 Å². The molecule has 0 atom stereocenters. The highest BCUT2D eigenvalue weighted by Gasteiger charge is 2.34. The topological polar surface area (TPSA) is 59.3 Å². The molecule has 1 aromatic heterocycles. The number of carboxylic acids is 1. The lowest BCUT2D eigenvalue weighted by atomic mass is 9.76. The summed E-state index contributed by atoms with van der Waals surface area (Å²) < 4.78 is 2.11. The average molecular weight is 359 g/mol. The Hall–Kier alpha value is -3.14. The van der Waals surface area contributed by atoms with Crippen LogP contribution in [0.2, 0.25) is 0 Å². The van der Waals surface area contributed by atoms with Crippen LogP contribution in [0.4, 0.5) is 0 Å². The van der Waals surface area contributed by atoms with Crippen molar-refractivity contribution in [1.82, 2.24) is 4.57 Å². The van der Waals surface area contributed by atoms with Gasteiger partial charge in [-0.3, -0.25) is 4.79 Å². The molecule has 2 aromatic carbocycles. The highest BCUT2D eigenvalue weighted by Crippen LogP contribution is 2.40. The van der Waals surface area contributed by atoms with E-state index in [4.69, 9.17) is 0 Å². The van der Waals surface area contributed by atoms with E-state index in [0.717, 1.165) is 34.6 Å². The number of hydrogen-bond acceptors (Lipinski definition) is 2. The number of carbonyl (C=O) groups excluding carboxylic acids is 1. The minimum absolute atomic E-state index is 0.102. The SMILES string of the molecule is CC1(C)CC(=O)c2cc(-c3ccccc3)n(-c3ccc(C(=O)O)cc3)c2C1. The van der Waals surface area contributed by atoms with Crippen LogP contribution in [0.1, 0.15) is 46.7 Å². The van der Waals surface area contributed by atoms with E-state index in [0.29, 0.717) is 6.42 Å². The number of benzene rings is 2. The van der Waals surface area contributed by atoms with Crippen molar-refractivity contribution in [3.63, 3.8) is 0 Å². The van der Waals surface area contributed by atoms with Gasteiger partial charge in [-0.05, 0) is 47.7 Å². The lowest BCUT2D eigenvalue weighted by Crippen LogP contribution is -2.27. The van der Waals surface area contributed by atoms with E-state index in [2.05, 4.69) is 18.4 Å². The smallest absolute Gasteiger partial charge is 0.335 e. The summed E-state index contributed by atoms with van der Waals surface area (Å²) in [5.41, 5.74) is 4.76. The number of nitrogens with zero attached hydrogens (tertiary/aromatic N) is 1. The molecule has 0 unspecified atom stereocenters. The van der Waals surface area contributed by atoms with Gasteiger partial charge in [0.05, 0.1) is 11.3 Å². The summed E-state index contributed by atoms with van der Waals surface area (Å²) in [5.74, 6) is -0.782. The molecule has 4 heteroatoms. The largest absolute Gasteiger partial charge is 0.478 e. The summed E-state index contributed by atoms with van der Waals surface area (Å²) in [6.45, 7) is 4.22. The van der Waals surface area contributed by atoms with E-state index in [-0.39, 0.29) is 16.8 Å². The minimum atomic E-state index is -0.948. The normalized spacial score (nSPS) is 15.4. The monoisotopic (exact) mass is 359 g/mol. The lowest BCUT2D eigenvalue weighted by molar-refractivity contribution is 0.0696. The van der Waals surface area contributed by atoms with E-state index in [1.807, 2.05) is 48.5 Å².